The van der Waals surface area contributed by atoms with Crippen LogP contribution in [-0.4, -0.2) is 11.2 Å². The van der Waals surface area contributed by atoms with Crippen LogP contribution in [0, 0.1) is 46.3 Å². The lowest BCUT2D eigenvalue weighted by molar-refractivity contribution is -0.109. The van der Waals surface area contributed by atoms with E-state index in [9.17, 15) is 5.11 Å². The summed E-state index contributed by atoms with van der Waals surface area (Å²) in [4.78, 5) is 0. The predicted molar refractivity (Wildman–Crippen MR) is 124 cm³/mol. The molecule has 1 heteroatoms. The highest BCUT2D eigenvalue weighted by Gasteiger charge is 2.57. The van der Waals surface area contributed by atoms with Crippen LogP contribution in [0.2, 0.25) is 0 Å². The molecule has 5 unspecified atom stereocenters. The summed E-state index contributed by atoms with van der Waals surface area (Å²) in [5, 5.41) is 10.2. The molecule has 0 amide bonds. The molecule has 0 bridgehead atoms. The summed E-state index contributed by atoms with van der Waals surface area (Å²) < 4.78 is 0. The minimum atomic E-state index is -0.0783. The van der Waals surface area contributed by atoms with Crippen molar-refractivity contribution in [3.63, 3.8) is 0 Å². The molecule has 0 aliphatic heterocycles. The third-order valence-electron chi connectivity index (χ3n) is 10.5. The van der Waals surface area contributed by atoms with E-state index < -0.39 is 0 Å². The first-order valence-corrected chi connectivity index (χ1v) is 13.1. The second-order valence-electron chi connectivity index (χ2n) is 12.5. The molecular weight excluding hydrogens is 352 g/mol. The molecule has 4 aliphatic rings. The maximum atomic E-state index is 10.2. The van der Waals surface area contributed by atoms with E-state index in [2.05, 4.69) is 40.7 Å². The third kappa shape index (κ3) is 3.88. The van der Waals surface area contributed by atoms with Crippen LogP contribution >= 0.6 is 0 Å². The van der Waals surface area contributed by atoms with Crippen LogP contribution in [0.15, 0.2) is 11.6 Å². The number of aliphatic hydroxyl groups is 1. The minimum absolute atomic E-state index is 0.0783. The Morgan fingerprint density at radius 2 is 1.79 bits per heavy atom. The van der Waals surface area contributed by atoms with Gasteiger partial charge < -0.3 is 5.11 Å². The first-order chi connectivity index (χ1) is 13.8. The van der Waals surface area contributed by atoms with E-state index in [1.807, 2.05) is 0 Å². The lowest BCUT2D eigenvalue weighted by Gasteiger charge is -2.62. The smallest absolute Gasteiger partial charge is 0.0577 e. The van der Waals surface area contributed by atoms with E-state index in [0.717, 1.165) is 48.3 Å². The molecular formula is C28H48O. The van der Waals surface area contributed by atoms with E-state index in [1.54, 1.807) is 5.57 Å². The lowest BCUT2D eigenvalue weighted by atomic mass is 9.42. The number of fused-ring (bicyclic) bond motifs is 5. The van der Waals surface area contributed by atoms with Gasteiger partial charge in [-0.3, -0.25) is 0 Å². The number of allylic oxidation sites excluding steroid dienone is 1. The number of hydrogen-bond acceptors (Lipinski definition) is 1. The van der Waals surface area contributed by atoms with Gasteiger partial charge in [0, 0.05) is 0 Å². The van der Waals surface area contributed by atoms with Gasteiger partial charge in [0.2, 0.25) is 0 Å². The molecule has 29 heavy (non-hydrogen) atoms. The van der Waals surface area contributed by atoms with E-state index in [4.69, 9.17) is 0 Å². The minimum Gasteiger partial charge on any atom is -0.393 e. The van der Waals surface area contributed by atoms with Crippen molar-refractivity contribution in [1.29, 1.82) is 0 Å². The Hall–Kier alpha value is -0.300. The van der Waals surface area contributed by atoms with Gasteiger partial charge in [0.25, 0.3) is 0 Å². The van der Waals surface area contributed by atoms with E-state index in [0.29, 0.717) is 10.8 Å². The maximum Gasteiger partial charge on any atom is 0.0577 e. The first-order valence-electron chi connectivity index (χ1n) is 13.1. The fourth-order valence-corrected chi connectivity index (χ4v) is 8.86. The Balaban J connectivity index is 1.52. The van der Waals surface area contributed by atoms with Gasteiger partial charge in [-0.25, -0.2) is 0 Å². The van der Waals surface area contributed by atoms with E-state index in [1.165, 1.54) is 64.2 Å². The van der Waals surface area contributed by atoms with Crippen LogP contribution in [-0.2, 0) is 0 Å². The molecule has 166 valence electrons. The predicted octanol–water partition coefficient (Wildman–Crippen LogP) is 7.78. The van der Waals surface area contributed by atoms with Gasteiger partial charge in [0.05, 0.1) is 6.10 Å². The zero-order valence-corrected chi connectivity index (χ0v) is 20.1. The highest BCUT2D eigenvalue weighted by Crippen LogP contribution is 2.66. The van der Waals surface area contributed by atoms with Crippen LogP contribution in [0.25, 0.3) is 0 Å². The van der Waals surface area contributed by atoms with E-state index >= 15 is 0 Å². The summed E-state index contributed by atoms with van der Waals surface area (Å²) in [6, 6.07) is 0. The number of rotatable bonds is 5. The second-order valence-corrected chi connectivity index (χ2v) is 12.5. The Labute approximate surface area is 181 Å². The molecule has 8 atom stereocenters. The standard InChI is InChI=1S/C28H48O/c1-19(2)8-6-9-20(3)24-10-7-11-25-23-13-12-21-18-22(29)14-16-27(21,4)26(23)15-17-28(24,25)5/h12,19-20,22-26,29H,6-11,13-18H2,1-5H3/t20?,22-,23?,24?,25?,26?,27-,28+/m0/s1. The monoisotopic (exact) mass is 400 g/mol. The number of aliphatic hydroxyl groups excluding tert-OH is 1. The van der Waals surface area contributed by atoms with Crippen molar-refractivity contribution < 1.29 is 5.11 Å². The largest absolute Gasteiger partial charge is 0.393 e. The number of hydrogen-bond donors (Lipinski definition) is 1. The summed E-state index contributed by atoms with van der Waals surface area (Å²) in [5.41, 5.74) is 2.58. The zero-order valence-electron chi connectivity index (χ0n) is 20.1. The van der Waals surface area contributed by atoms with Crippen molar-refractivity contribution in [2.45, 2.75) is 118 Å². The molecule has 0 heterocycles. The molecule has 0 aromatic rings. The molecule has 1 N–H and O–H groups in total. The van der Waals surface area contributed by atoms with Gasteiger partial charge in [-0.05, 0) is 97.7 Å². The van der Waals surface area contributed by atoms with Gasteiger partial charge in [-0.15, -0.1) is 0 Å². The van der Waals surface area contributed by atoms with Crippen molar-refractivity contribution in [2.75, 3.05) is 0 Å². The van der Waals surface area contributed by atoms with Gasteiger partial charge in [0.1, 0.15) is 0 Å². The molecule has 0 radical (unpaired) electrons. The van der Waals surface area contributed by atoms with Gasteiger partial charge in [-0.1, -0.05) is 72.0 Å². The molecule has 4 aliphatic carbocycles. The molecule has 0 spiro atoms. The molecule has 3 fully saturated rings. The zero-order chi connectivity index (χ0) is 20.8. The Kier molecular flexibility index (Phi) is 6.29. The van der Waals surface area contributed by atoms with Gasteiger partial charge in [-0.2, -0.15) is 0 Å². The summed E-state index contributed by atoms with van der Waals surface area (Å²) in [5.74, 6) is 5.42. The summed E-state index contributed by atoms with van der Waals surface area (Å²) >= 11 is 0. The molecule has 0 aromatic carbocycles. The highest BCUT2D eigenvalue weighted by molar-refractivity contribution is 5.25. The van der Waals surface area contributed by atoms with Crippen LogP contribution < -0.4 is 0 Å². The highest BCUT2D eigenvalue weighted by atomic mass is 16.3. The molecule has 0 aromatic heterocycles. The Morgan fingerprint density at radius 1 is 1.00 bits per heavy atom. The van der Waals surface area contributed by atoms with Crippen molar-refractivity contribution in [2.24, 2.45) is 46.3 Å². The molecule has 1 nitrogen and oxygen atoms in total. The quantitative estimate of drug-likeness (QED) is 0.467. The maximum absolute atomic E-state index is 10.2. The molecule has 3 saturated carbocycles. The summed E-state index contributed by atoms with van der Waals surface area (Å²) in [6.45, 7) is 12.6. The normalized spacial score (nSPS) is 45.8. The third-order valence-corrected chi connectivity index (χ3v) is 10.5. The fraction of sp³-hybridized carbons (Fsp3) is 0.929. The topological polar surface area (TPSA) is 20.2 Å². The van der Waals surface area contributed by atoms with Crippen LogP contribution in [0.4, 0.5) is 0 Å². The SMILES string of the molecule is CC(C)CCCC(C)C1CCCC2C3CC=C4C[C@@H](O)CC[C@]4(C)C3CC[C@]12C. The lowest BCUT2D eigenvalue weighted by Crippen LogP contribution is -2.54. The Bertz CT molecular complexity index is 605. The molecule has 0 saturated heterocycles. The van der Waals surface area contributed by atoms with Crippen molar-refractivity contribution in [3.05, 3.63) is 11.6 Å². The van der Waals surface area contributed by atoms with Crippen molar-refractivity contribution in [3.8, 4) is 0 Å². The van der Waals surface area contributed by atoms with Gasteiger partial charge >= 0.3 is 0 Å². The summed E-state index contributed by atoms with van der Waals surface area (Å²) in [7, 11) is 0. The average molecular weight is 401 g/mol. The van der Waals surface area contributed by atoms with Crippen LogP contribution in [0.1, 0.15) is 112 Å². The van der Waals surface area contributed by atoms with Gasteiger partial charge in [0.15, 0.2) is 0 Å². The van der Waals surface area contributed by atoms with Crippen molar-refractivity contribution in [1.82, 2.24) is 0 Å². The Morgan fingerprint density at radius 3 is 2.55 bits per heavy atom. The summed E-state index contributed by atoms with van der Waals surface area (Å²) in [6.07, 6.45) is 18.6. The molecule has 4 rings (SSSR count). The van der Waals surface area contributed by atoms with Crippen LogP contribution in [0.5, 0.6) is 0 Å². The fourth-order valence-electron chi connectivity index (χ4n) is 8.86. The van der Waals surface area contributed by atoms with E-state index in [-0.39, 0.29) is 6.10 Å². The van der Waals surface area contributed by atoms with Crippen LogP contribution in [0.3, 0.4) is 0 Å². The first kappa shape index (κ1) is 21.9. The van der Waals surface area contributed by atoms with Crippen molar-refractivity contribution >= 4 is 0 Å². The second kappa shape index (κ2) is 8.33. The average Bonchev–Trinajstić information content (AvgIpc) is 2.67.